The minimum absolute atomic E-state index is 0.0491. The lowest BCUT2D eigenvalue weighted by atomic mass is 10.2. The highest BCUT2D eigenvalue weighted by Gasteiger charge is 2.41. The number of hydrogen-bond acceptors (Lipinski definition) is 3. The molecule has 0 aliphatic heterocycles. The topological polar surface area (TPSA) is 43.4 Å². The molecule has 0 aromatic rings. The van der Waals surface area contributed by atoms with E-state index in [1.165, 1.54) is 0 Å². The molecule has 0 aromatic carbocycles. The van der Waals surface area contributed by atoms with Crippen LogP contribution in [0, 0.1) is 5.92 Å². The van der Waals surface area contributed by atoms with Crippen molar-refractivity contribution in [2.24, 2.45) is 5.92 Å². The molecule has 1 rings (SSSR count). The summed E-state index contributed by atoms with van der Waals surface area (Å²) in [4.78, 5) is 21.9. The van der Waals surface area contributed by atoms with Gasteiger partial charge in [-0.3, -0.25) is 9.59 Å². The Bertz CT molecular complexity index is 202. The molecule has 2 unspecified atom stereocenters. The number of Topliss-reactive ketones (excluding diaryl/α,β-unsaturated/α-hetero) is 1. The van der Waals surface area contributed by atoms with Crippen LogP contribution in [0.25, 0.3) is 0 Å². The Morgan fingerprint density at radius 1 is 1.58 bits per heavy atom. The minimum atomic E-state index is -0.446. The first kappa shape index (κ1) is 9.52. The van der Waals surface area contributed by atoms with Gasteiger partial charge in [-0.15, -0.1) is 11.6 Å². The summed E-state index contributed by atoms with van der Waals surface area (Å²) in [5.74, 6) is -0.636. The quantitative estimate of drug-likeness (QED) is 0.379. The average molecular weight is 191 g/mol. The summed E-state index contributed by atoms with van der Waals surface area (Å²) in [6.07, 6.45) is 0.585. The van der Waals surface area contributed by atoms with Gasteiger partial charge in [-0.05, 0) is 13.3 Å². The second-order valence-electron chi connectivity index (χ2n) is 2.81. The fourth-order valence-corrected chi connectivity index (χ4v) is 1.32. The molecule has 12 heavy (non-hydrogen) atoms. The van der Waals surface area contributed by atoms with E-state index in [1.54, 1.807) is 6.92 Å². The summed E-state index contributed by atoms with van der Waals surface area (Å²) in [6, 6.07) is 0. The Morgan fingerprint density at radius 2 is 2.17 bits per heavy atom. The molecular formula is C8H11ClO3. The molecule has 2 atom stereocenters. The Hall–Kier alpha value is -0.570. The maximum atomic E-state index is 11.1. The van der Waals surface area contributed by atoms with Crippen LogP contribution in [0.4, 0.5) is 0 Å². The molecule has 68 valence electrons. The first-order valence-corrected chi connectivity index (χ1v) is 4.41. The lowest BCUT2D eigenvalue weighted by Gasteiger charge is -1.99. The van der Waals surface area contributed by atoms with Gasteiger partial charge < -0.3 is 4.74 Å². The second-order valence-corrected chi connectivity index (χ2v) is 3.37. The smallest absolute Gasteiger partial charge is 0.313 e. The minimum Gasteiger partial charge on any atom is -0.466 e. The first-order chi connectivity index (χ1) is 5.65. The van der Waals surface area contributed by atoms with Crippen LogP contribution in [0.1, 0.15) is 19.8 Å². The molecule has 0 radical (unpaired) electrons. The molecule has 1 fully saturated rings. The van der Waals surface area contributed by atoms with Gasteiger partial charge in [-0.25, -0.2) is 0 Å². The van der Waals surface area contributed by atoms with Crippen LogP contribution in [0.2, 0.25) is 0 Å². The number of hydrogen-bond donors (Lipinski definition) is 0. The number of ketones is 1. The average Bonchev–Trinajstić information content (AvgIpc) is 2.67. The van der Waals surface area contributed by atoms with E-state index in [9.17, 15) is 9.59 Å². The summed E-state index contributed by atoms with van der Waals surface area (Å²) in [5.41, 5.74) is 0. The summed E-state index contributed by atoms with van der Waals surface area (Å²) in [6.45, 7) is 2.03. The predicted molar refractivity (Wildman–Crippen MR) is 44.0 cm³/mol. The Morgan fingerprint density at radius 3 is 2.58 bits per heavy atom. The highest BCUT2D eigenvalue weighted by atomic mass is 35.5. The van der Waals surface area contributed by atoms with E-state index in [2.05, 4.69) is 4.74 Å². The van der Waals surface area contributed by atoms with Crippen molar-refractivity contribution in [3.05, 3.63) is 0 Å². The molecule has 0 heterocycles. The van der Waals surface area contributed by atoms with E-state index in [0.717, 1.165) is 0 Å². The SMILES string of the molecule is CCOC(=O)CC(=O)C1CC1Cl. The van der Waals surface area contributed by atoms with Gasteiger partial charge in [0, 0.05) is 11.3 Å². The molecule has 0 saturated heterocycles. The van der Waals surface area contributed by atoms with E-state index >= 15 is 0 Å². The lowest BCUT2D eigenvalue weighted by Crippen LogP contribution is -2.13. The largest absolute Gasteiger partial charge is 0.466 e. The first-order valence-electron chi connectivity index (χ1n) is 3.97. The number of rotatable bonds is 4. The zero-order valence-corrected chi connectivity index (χ0v) is 7.63. The summed E-state index contributed by atoms with van der Waals surface area (Å²) in [5, 5.41) is -0.0491. The zero-order valence-electron chi connectivity index (χ0n) is 6.88. The molecule has 1 saturated carbocycles. The highest BCUT2D eigenvalue weighted by molar-refractivity contribution is 6.25. The summed E-state index contributed by atoms with van der Waals surface area (Å²) in [7, 11) is 0. The van der Waals surface area contributed by atoms with Gasteiger partial charge in [0.2, 0.25) is 0 Å². The van der Waals surface area contributed by atoms with Crippen molar-refractivity contribution in [1.29, 1.82) is 0 Å². The van der Waals surface area contributed by atoms with Crippen LogP contribution < -0.4 is 0 Å². The molecule has 0 amide bonds. The molecule has 0 N–H and O–H groups in total. The van der Waals surface area contributed by atoms with Crippen molar-refractivity contribution in [2.45, 2.75) is 25.1 Å². The third-order valence-corrected chi connectivity index (χ3v) is 2.23. The Labute approximate surface area is 76.0 Å². The Balaban J connectivity index is 2.22. The highest BCUT2D eigenvalue weighted by Crippen LogP contribution is 2.37. The van der Waals surface area contributed by atoms with Gasteiger partial charge in [-0.2, -0.15) is 0 Å². The molecule has 1 aliphatic carbocycles. The molecule has 1 aliphatic rings. The van der Waals surface area contributed by atoms with Crippen LogP contribution in [0.5, 0.6) is 0 Å². The van der Waals surface area contributed by atoms with Crippen molar-refractivity contribution in [1.82, 2.24) is 0 Å². The van der Waals surface area contributed by atoms with Crippen LogP contribution >= 0.6 is 11.6 Å². The van der Waals surface area contributed by atoms with Crippen molar-refractivity contribution in [3.8, 4) is 0 Å². The van der Waals surface area contributed by atoms with Crippen LogP contribution in [0.3, 0.4) is 0 Å². The van der Waals surface area contributed by atoms with E-state index in [1.807, 2.05) is 0 Å². The predicted octanol–water partition coefficient (Wildman–Crippen LogP) is 1.14. The number of alkyl halides is 1. The fraction of sp³-hybridized carbons (Fsp3) is 0.750. The van der Waals surface area contributed by atoms with Gasteiger partial charge in [0.1, 0.15) is 12.2 Å². The van der Waals surface area contributed by atoms with Gasteiger partial charge in [0.15, 0.2) is 0 Å². The number of carbonyl (C=O) groups excluding carboxylic acids is 2. The van der Waals surface area contributed by atoms with Gasteiger partial charge >= 0.3 is 5.97 Å². The molecule has 3 nitrogen and oxygen atoms in total. The molecule has 4 heteroatoms. The van der Waals surface area contributed by atoms with Crippen molar-refractivity contribution in [2.75, 3.05) is 6.61 Å². The van der Waals surface area contributed by atoms with Crippen molar-refractivity contribution in [3.63, 3.8) is 0 Å². The van der Waals surface area contributed by atoms with Crippen molar-refractivity contribution >= 4 is 23.4 Å². The molecule has 0 spiro atoms. The maximum Gasteiger partial charge on any atom is 0.313 e. The maximum absolute atomic E-state index is 11.1. The normalized spacial score (nSPS) is 26.5. The molecule has 0 aromatic heterocycles. The third kappa shape index (κ3) is 2.48. The van der Waals surface area contributed by atoms with E-state index < -0.39 is 5.97 Å². The van der Waals surface area contributed by atoms with E-state index in [4.69, 9.17) is 11.6 Å². The number of halogens is 1. The summed E-state index contributed by atoms with van der Waals surface area (Å²) < 4.78 is 4.62. The number of ether oxygens (including phenoxy) is 1. The van der Waals surface area contributed by atoms with E-state index in [-0.39, 0.29) is 23.5 Å². The molecule has 0 bridgehead atoms. The number of esters is 1. The zero-order chi connectivity index (χ0) is 9.14. The van der Waals surface area contributed by atoms with Crippen LogP contribution in [-0.2, 0) is 14.3 Å². The number of carbonyl (C=O) groups is 2. The fourth-order valence-electron chi connectivity index (χ4n) is 0.983. The van der Waals surface area contributed by atoms with Gasteiger partial charge in [0.05, 0.1) is 6.61 Å². The standard InChI is InChI=1S/C8H11ClO3/c1-2-12-8(11)4-7(10)5-3-6(5)9/h5-6H,2-4H2,1H3. The molecular weight excluding hydrogens is 180 g/mol. The summed E-state index contributed by atoms with van der Waals surface area (Å²) >= 11 is 5.63. The second kappa shape index (κ2) is 3.90. The lowest BCUT2D eigenvalue weighted by molar-refractivity contribution is -0.145. The Kier molecular flexibility index (Phi) is 3.09. The van der Waals surface area contributed by atoms with Crippen molar-refractivity contribution < 1.29 is 14.3 Å². The third-order valence-electron chi connectivity index (χ3n) is 1.75. The van der Waals surface area contributed by atoms with Crippen LogP contribution in [0.15, 0.2) is 0 Å². The van der Waals surface area contributed by atoms with E-state index in [0.29, 0.717) is 13.0 Å². The van der Waals surface area contributed by atoms with Gasteiger partial charge in [0.25, 0.3) is 0 Å². The van der Waals surface area contributed by atoms with Crippen LogP contribution in [-0.4, -0.2) is 23.7 Å². The van der Waals surface area contributed by atoms with Gasteiger partial charge in [-0.1, -0.05) is 0 Å². The monoisotopic (exact) mass is 190 g/mol.